The lowest BCUT2D eigenvalue weighted by atomic mass is 10.4. The van der Waals surface area contributed by atoms with E-state index < -0.39 is 32.9 Å². The molecule has 1 aromatic rings. The van der Waals surface area contributed by atoms with E-state index in [0.29, 0.717) is 5.02 Å². The fraction of sp³-hybridized carbons (Fsp3) is 0.143. The van der Waals surface area contributed by atoms with Crippen molar-refractivity contribution >= 4 is 38.1 Å². The van der Waals surface area contributed by atoms with Crippen molar-refractivity contribution in [3.63, 3.8) is 0 Å². The van der Waals surface area contributed by atoms with Crippen LogP contribution in [0.5, 0.6) is 0 Å². The van der Waals surface area contributed by atoms with Crippen LogP contribution in [0.1, 0.15) is 0 Å². The molecule has 2 atom stereocenters. The van der Waals surface area contributed by atoms with E-state index in [1.165, 1.54) is 12.1 Å². The van der Waals surface area contributed by atoms with Crippen molar-refractivity contribution < 1.29 is 36.4 Å². The van der Waals surface area contributed by atoms with Crippen LogP contribution in [0.2, 0.25) is 5.02 Å². The highest BCUT2D eigenvalue weighted by atomic mass is 35.5. The van der Waals surface area contributed by atoms with Gasteiger partial charge < -0.3 is 9.79 Å². The Morgan fingerprint density at radius 1 is 1.10 bits per heavy atom. The van der Waals surface area contributed by atoms with Crippen molar-refractivity contribution in [1.29, 1.82) is 0 Å². The molecule has 1 rings (SSSR count). The Kier molecular flexibility index (Phi) is 6.80. The van der Waals surface area contributed by atoms with Crippen molar-refractivity contribution in [3.8, 4) is 0 Å². The predicted molar refractivity (Wildman–Crippen MR) is 70.2 cm³/mol. The Balaban J connectivity index is 2.92. The summed E-state index contributed by atoms with van der Waals surface area (Å²) in [6.07, 6.45) is -2.07. The first-order chi connectivity index (χ1) is 9.20. The molecule has 0 saturated heterocycles. The summed E-state index contributed by atoms with van der Waals surface area (Å²) in [5.74, 6) is 0. The van der Waals surface area contributed by atoms with E-state index in [9.17, 15) is 17.5 Å². The predicted octanol–water partition coefficient (Wildman–Crippen LogP) is 0.699. The van der Waals surface area contributed by atoms with E-state index >= 15 is 0 Å². The number of hydrogen-bond acceptors (Lipinski definition) is 6. The van der Waals surface area contributed by atoms with Crippen molar-refractivity contribution in [2.24, 2.45) is 0 Å². The van der Waals surface area contributed by atoms with Crippen LogP contribution in [0.25, 0.3) is 0 Å². The molecule has 0 saturated carbocycles. The molecule has 0 radical (unpaired) electrons. The minimum atomic E-state index is -4.19. The number of hydrogen-bond donors (Lipinski definition) is 3. The fourth-order valence-corrected chi connectivity index (χ4v) is 3.02. The van der Waals surface area contributed by atoms with Gasteiger partial charge >= 0.3 is 16.5 Å². The number of rotatable bonds is 7. The second kappa shape index (κ2) is 7.65. The largest absolute Gasteiger partial charge is 0.326 e. The fourth-order valence-electron chi connectivity index (χ4n) is 1.06. The molecule has 0 amide bonds. The van der Waals surface area contributed by atoms with Crippen LogP contribution in [0.15, 0.2) is 29.2 Å². The third-order valence-electron chi connectivity index (χ3n) is 1.79. The Labute approximate surface area is 120 Å². The molecule has 20 heavy (non-hydrogen) atoms. The lowest BCUT2D eigenvalue weighted by molar-refractivity contribution is -0.00569. The van der Waals surface area contributed by atoms with Crippen LogP contribution in [0.3, 0.4) is 0 Å². The summed E-state index contributed by atoms with van der Waals surface area (Å²) in [4.78, 5) is 16.9. The number of benzene rings is 1. The molecule has 114 valence electrons. The van der Waals surface area contributed by atoms with E-state index in [2.05, 4.69) is 9.05 Å². The zero-order chi connectivity index (χ0) is 15.3. The smallest absolute Gasteiger partial charge is 0.319 e. The Morgan fingerprint density at radius 3 is 1.95 bits per heavy atom. The zero-order valence-electron chi connectivity index (χ0n) is 9.52. The molecular formula is C7H10ClNO8P2S. The van der Waals surface area contributed by atoms with Crippen LogP contribution >= 0.6 is 28.1 Å². The Bertz CT molecular complexity index is 590. The van der Waals surface area contributed by atoms with Crippen molar-refractivity contribution in [3.05, 3.63) is 29.3 Å². The number of sulfonamides is 1. The molecule has 0 heterocycles. The summed E-state index contributed by atoms with van der Waals surface area (Å²) in [5, 5.41) is 0.300. The molecule has 3 N–H and O–H groups in total. The maximum absolute atomic E-state index is 11.9. The van der Waals surface area contributed by atoms with E-state index in [1.54, 1.807) is 4.72 Å². The molecule has 0 aliphatic carbocycles. The van der Waals surface area contributed by atoms with Crippen molar-refractivity contribution in [2.75, 3.05) is 0 Å². The lowest BCUT2D eigenvalue weighted by Crippen LogP contribution is -2.36. The normalized spacial score (nSPS) is 16.6. The number of nitrogens with one attached hydrogen (secondary N) is 1. The Morgan fingerprint density at radius 2 is 1.55 bits per heavy atom. The highest BCUT2D eigenvalue weighted by molar-refractivity contribution is 7.89. The van der Waals surface area contributed by atoms with E-state index in [4.69, 9.17) is 21.4 Å². The van der Waals surface area contributed by atoms with E-state index in [-0.39, 0.29) is 4.90 Å². The average Bonchev–Trinajstić information content (AvgIpc) is 2.26. The summed E-state index contributed by atoms with van der Waals surface area (Å²) >= 11 is 5.60. The van der Waals surface area contributed by atoms with Crippen molar-refractivity contribution in [2.45, 2.75) is 11.3 Å². The van der Waals surface area contributed by atoms with Gasteiger partial charge in [-0.05, 0) is 24.3 Å². The molecule has 0 bridgehead atoms. The summed E-state index contributed by atoms with van der Waals surface area (Å²) in [7, 11) is -11.4. The molecule has 9 nitrogen and oxygen atoms in total. The molecule has 0 aliphatic rings. The highest BCUT2D eigenvalue weighted by Gasteiger charge is 2.23. The van der Waals surface area contributed by atoms with Gasteiger partial charge in [-0.1, -0.05) is 11.6 Å². The first-order valence-electron chi connectivity index (χ1n) is 4.78. The molecule has 1 aromatic carbocycles. The van der Waals surface area contributed by atoms with Gasteiger partial charge in [0.05, 0.1) is 4.90 Å². The zero-order valence-corrected chi connectivity index (χ0v) is 13.1. The van der Waals surface area contributed by atoms with Gasteiger partial charge in [-0.2, -0.15) is 4.72 Å². The molecule has 2 unspecified atom stereocenters. The summed E-state index contributed by atoms with van der Waals surface area (Å²) in [6, 6.07) is 4.92. The van der Waals surface area contributed by atoms with Gasteiger partial charge in [0.1, 0.15) is 0 Å². The van der Waals surface area contributed by atoms with Gasteiger partial charge in [-0.15, -0.1) is 0 Å². The highest BCUT2D eigenvalue weighted by Crippen LogP contribution is 2.26. The standard InChI is InChI=1S/C7H10ClNO8P2S/c8-5-1-3-6(4-2-5)20(14,15)9-7(16-18(10)11)17-19(12)13/h1-4,7,9,18-19H,(H,10,11)(H,12,13). The van der Waals surface area contributed by atoms with E-state index in [0.717, 1.165) is 12.1 Å². The molecule has 0 aliphatic heterocycles. The van der Waals surface area contributed by atoms with E-state index in [1.807, 2.05) is 0 Å². The van der Waals surface area contributed by atoms with Gasteiger partial charge in [0.25, 0.3) is 0 Å². The van der Waals surface area contributed by atoms with Crippen LogP contribution in [-0.2, 0) is 28.2 Å². The second-order valence-corrected chi connectivity index (χ2v) is 6.86. The van der Waals surface area contributed by atoms with Crippen LogP contribution in [0.4, 0.5) is 0 Å². The molecule has 0 fully saturated rings. The third kappa shape index (κ3) is 6.01. The van der Waals surface area contributed by atoms with Crippen LogP contribution < -0.4 is 4.72 Å². The maximum Gasteiger partial charge on any atom is 0.319 e. The van der Waals surface area contributed by atoms with Gasteiger partial charge in [0.15, 0.2) is 0 Å². The van der Waals surface area contributed by atoms with Crippen molar-refractivity contribution in [1.82, 2.24) is 4.72 Å². The summed E-state index contributed by atoms with van der Waals surface area (Å²) < 4.78 is 54.8. The summed E-state index contributed by atoms with van der Waals surface area (Å²) in [5.41, 5.74) is 0. The molecule has 0 aromatic heterocycles. The van der Waals surface area contributed by atoms with Gasteiger partial charge in [0, 0.05) is 5.02 Å². The SMILES string of the molecule is O=[PH](O)OC(NS(=O)(=O)c1ccc(Cl)cc1)O[PH](=O)O. The van der Waals surface area contributed by atoms with Crippen LogP contribution in [0, 0.1) is 0 Å². The third-order valence-corrected chi connectivity index (χ3v) is 4.27. The van der Waals surface area contributed by atoms with Gasteiger partial charge in [-0.3, -0.25) is 18.2 Å². The maximum atomic E-state index is 11.9. The van der Waals surface area contributed by atoms with Crippen LogP contribution in [-0.4, -0.2) is 24.6 Å². The first kappa shape index (κ1) is 17.8. The minimum Gasteiger partial charge on any atom is -0.326 e. The lowest BCUT2D eigenvalue weighted by Gasteiger charge is -2.16. The average molecular weight is 366 g/mol. The van der Waals surface area contributed by atoms with Gasteiger partial charge in [0.2, 0.25) is 16.4 Å². The Hall–Kier alpha value is -0.280. The molecular weight excluding hydrogens is 356 g/mol. The number of halogens is 1. The summed E-state index contributed by atoms with van der Waals surface area (Å²) in [6.45, 7) is 0. The molecule has 0 spiro atoms. The topological polar surface area (TPSA) is 139 Å². The minimum absolute atomic E-state index is 0.241. The molecule has 13 heteroatoms. The first-order valence-corrected chi connectivity index (χ1v) is 9.16. The monoisotopic (exact) mass is 365 g/mol. The second-order valence-electron chi connectivity index (χ2n) is 3.17. The quantitative estimate of drug-likeness (QED) is 0.474. The van der Waals surface area contributed by atoms with Gasteiger partial charge in [-0.25, -0.2) is 8.42 Å².